The van der Waals surface area contributed by atoms with E-state index in [1.807, 2.05) is 77.9 Å². The Morgan fingerprint density at radius 1 is 0.763 bits per heavy atom. The summed E-state index contributed by atoms with van der Waals surface area (Å²) in [6.45, 7) is 6.88. The van der Waals surface area contributed by atoms with Crippen molar-refractivity contribution in [1.29, 1.82) is 0 Å². The van der Waals surface area contributed by atoms with E-state index in [1.54, 1.807) is 24.3 Å². The van der Waals surface area contributed by atoms with Crippen LogP contribution in [0.3, 0.4) is 0 Å². The highest BCUT2D eigenvalue weighted by Crippen LogP contribution is 2.40. The Balaban J connectivity index is 1.66. The summed E-state index contributed by atoms with van der Waals surface area (Å²) in [5.41, 5.74) is 2.84. The minimum atomic E-state index is -2.59. The molecule has 0 aliphatic carbocycles. The minimum absolute atomic E-state index is 0.246. The van der Waals surface area contributed by atoms with Gasteiger partial charge in [0.2, 0.25) is 0 Å². The SMILES string of the molecule is [2H]C([2H])([2H])c1ccc2cc(-c3nc(C([2H])([2H])[2H])nc4c3oc3c5ccc(C([2H])([2H])C(C)(C)C)cc5ccc43)cc(C(C)(C)C)c2c1. The molecule has 0 aliphatic rings. The average Bonchev–Trinajstić information content (AvgIpc) is 3.32. The Hall–Kier alpha value is -3.72. The molecule has 0 bridgehead atoms. The highest BCUT2D eigenvalue weighted by atomic mass is 16.3. The number of aromatic nitrogens is 2. The molecule has 0 aliphatic heterocycles. The van der Waals surface area contributed by atoms with Crippen molar-refractivity contribution < 1.29 is 15.4 Å². The number of nitrogens with zero attached hydrogens (tertiary/aromatic N) is 2. The molecule has 3 nitrogen and oxygen atoms in total. The van der Waals surface area contributed by atoms with Crippen LogP contribution in [0.2, 0.25) is 0 Å². The first kappa shape index (κ1) is 17.0. The molecular formula is C35H36N2O. The van der Waals surface area contributed by atoms with Crippen LogP contribution in [0.5, 0.6) is 0 Å². The molecule has 192 valence electrons. The molecule has 0 atom stereocenters. The summed E-state index contributed by atoms with van der Waals surface area (Å²) in [5.74, 6) is -0.304. The monoisotopic (exact) mass is 508 g/mol. The van der Waals surface area contributed by atoms with E-state index in [0.717, 1.165) is 27.1 Å². The van der Waals surface area contributed by atoms with E-state index in [4.69, 9.17) is 15.4 Å². The van der Waals surface area contributed by atoms with Gasteiger partial charge in [-0.2, -0.15) is 0 Å². The van der Waals surface area contributed by atoms with E-state index in [0.29, 0.717) is 38.9 Å². The first-order chi connectivity index (χ1) is 21.1. The van der Waals surface area contributed by atoms with Gasteiger partial charge in [-0.1, -0.05) is 89.6 Å². The van der Waals surface area contributed by atoms with Gasteiger partial charge >= 0.3 is 0 Å². The van der Waals surface area contributed by atoms with Crippen molar-refractivity contribution >= 4 is 43.6 Å². The van der Waals surface area contributed by atoms with Gasteiger partial charge in [-0.25, -0.2) is 9.97 Å². The molecule has 2 aromatic heterocycles. The van der Waals surface area contributed by atoms with Crippen LogP contribution in [0.25, 0.3) is 54.9 Å². The van der Waals surface area contributed by atoms with Gasteiger partial charge in [-0.05, 0) is 76.4 Å². The molecule has 0 unspecified atom stereocenters. The third-order valence-corrected chi connectivity index (χ3v) is 6.85. The maximum absolute atomic E-state index is 8.75. The zero-order chi connectivity index (χ0) is 33.8. The second-order valence-corrected chi connectivity index (χ2v) is 12.1. The fourth-order valence-corrected chi connectivity index (χ4v) is 5.25. The summed E-state index contributed by atoms with van der Waals surface area (Å²) in [6.07, 6.45) is -1.58. The lowest BCUT2D eigenvalue weighted by atomic mass is 9.82. The van der Waals surface area contributed by atoms with Gasteiger partial charge in [-0.15, -0.1) is 0 Å². The van der Waals surface area contributed by atoms with Crippen molar-refractivity contribution in [2.24, 2.45) is 5.41 Å². The van der Waals surface area contributed by atoms with E-state index in [1.165, 1.54) is 0 Å². The fourth-order valence-electron chi connectivity index (χ4n) is 5.25. The van der Waals surface area contributed by atoms with Crippen LogP contribution < -0.4 is 0 Å². The van der Waals surface area contributed by atoms with Gasteiger partial charge in [0.25, 0.3) is 0 Å². The number of aryl methyl sites for hydroxylation is 2. The first-order valence-corrected chi connectivity index (χ1v) is 12.8. The number of hydrogen-bond donors (Lipinski definition) is 0. The van der Waals surface area contributed by atoms with Crippen LogP contribution in [0.4, 0.5) is 0 Å². The third-order valence-electron chi connectivity index (χ3n) is 6.85. The Morgan fingerprint density at radius 3 is 2.26 bits per heavy atom. The van der Waals surface area contributed by atoms with Crippen LogP contribution in [0, 0.1) is 19.1 Å². The second kappa shape index (κ2) is 8.39. The van der Waals surface area contributed by atoms with Crippen LogP contribution in [0.15, 0.2) is 65.1 Å². The minimum Gasteiger partial charge on any atom is -0.451 e. The van der Waals surface area contributed by atoms with Crippen LogP contribution in [-0.4, -0.2) is 9.97 Å². The summed E-state index contributed by atoms with van der Waals surface area (Å²) in [7, 11) is 0. The fraction of sp³-hybridized carbons (Fsp3) is 0.314. The Labute approximate surface area is 236 Å². The summed E-state index contributed by atoms with van der Waals surface area (Å²) in [4.78, 5) is 9.07. The van der Waals surface area contributed by atoms with E-state index in [-0.39, 0.29) is 16.8 Å². The maximum Gasteiger partial charge on any atom is 0.180 e. The van der Waals surface area contributed by atoms with Crippen LogP contribution in [0.1, 0.15) is 75.0 Å². The average molecular weight is 509 g/mol. The van der Waals surface area contributed by atoms with Crippen molar-refractivity contribution in [3.63, 3.8) is 0 Å². The Morgan fingerprint density at radius 2 is 1.53 bits per heavy atom. The largest absolute Gasteiger partial charge is 0.451 e. The molecule has 0 spiro atoms. The first-order valence-electron chi connectivity index (χ1n) is 16.8. The van der Waals surface area contributed by atoms with Gasteiger partial charge in [-0.3, -0.25) is 0 Å². The molecule has 2 heterocycles. The lowest BCUT2D eigenvalue weighted by molar-refractivity contribution is 0.411. The van der Waals surface area contributed by atoms with Crippen molar-refractivity contribution in [2.75, 3.05) is 0 Å². The summed E-state index contributed by atoms with van der Waals surface area (Å²) in [5, 5.41) is 3.75. The Bertz CT molecular complexity index is 2180. The predicted octanol–water partition coefficient (Wildman–Crippen LogP) is 9.85. The molecular weight excluding hydrogens is 464 g/mol. The smallest absolute Gasteiger partial charge is 0.180 e. The number of rotatable bonds is 2. The van der Waals surface area contributed by atoms with Crippen molar-refractivity contribution in [3.05, 3.63) is 83.2 Å². The van der Waals surface area contributed by atoms with Gasteiger partial charge < -0.3 is 4.42 Å². The molecule has 0 N–H and O–H groups in total. The highest BCUT2D eigenvalue weighted by Gasteiger charge is 2.22. The van der Waals surface area contributed by atoms with Crippen LogP contribution >= 0.6 is 0 Å². The molecule has 0 amide bonds. The molecule has 0 radical (unpaired) electrons. The maximum atomic E-state index is 8.75. The summed E-state index contributed by atoms with van der Waals surface area (Å²) >= 11 is 0. The predicted molar refractivity (Wildman–Crippen MR) is 161 cm³/mol. The zero-order valence-electron chi connectivity index (χ0n) is 30.6. The van der Waals surface area contributed by atoms with Gasteiger partial charge in [0.1, 0.15) is 22.6 Å². The number of furan rings is 1. The lowest BCUT2D eigenvalue weighted by Crippen LogP contribution is -2.12. The third kappa shape index (κ3) is 4.24. The number of hydrogen-bond acceptors (Lipinski definition) is 3. The normalized spacial score (nSPS) is 17.0. The molecule has 38 heavy (non-hydrogen) atoms. The molecule has 3 heteroatoms. The standard InChI is InChI=1S/C35H36N2O/c1-20-9-11-24-17-25(18-29(28(24)15-20)35(6,7)8)30-33-31(37-21(2)36-30)27-14-12-23-16-22(19-34(3,4)5)10-13-26(23)32(27)38-33/h9-18H,19H2,1-8H3/i1D3,2D3,19D2. The van der Waals surface area contributed by atoms with Gasteiger partial charge in [0, 0.05) is 27.3 Å². The van der Waals surface area contributed by atoms with Gasteiger partial charge in [0.05, 0.1) is 0 Å². The van der Waals surface area contributed by atoms with E-state index in [9.17, 15) is 0 Å². The van der Waals surface area contributed by atoms with Crippen LogP contribution in [-0.2, 0) is 11.8 Å². The van der Waals surface area contributed by atoms with Crippen molar-refractivity contribution in [3.8, 4) is 11.3 Å². The molecule has 0 saturated carbocycles. The Kier molecular flexibility index (Phi) is 3.75. The summed E-state index contributed by atoms with van der Waals surface area (Å²) < 4.78 is 72.4. The molecule has 6 rings (SSSR count). The molecule has 4 aromatic carbocycles. The van der Waals surface area contributed by atoms with Gasteiger partial charge in [0.15, 0.2) is 5.58 Å². The van der Waals surface area contributed by atoms with Crippen molar-refractivity contribution in [2.45, 2.75) is 67.0 Å². The number of fused-ring (bicyclic) bond motifs is 6. The molecule has 6 aromatic rings. The quantitative estimate of drug-likeness (QED) is 0.234. The lowest BCUT2D eigenvalue weighted by Gasteiger charge is -2.23. The van der Waals surface area contributed by atoms with E-state index in [2.05, 4.69) is 9.97 Å². The highest BCUT2D eigenvalue weighted by molar-refractivity contribution is 6.15. The second-order valence-electron chi connectivity index (χ2n) is 12.1. The number of benzene rings is 4. The topological polar surface area (TPSA) is 38.9 Å². The zero-order valence-corrected chi connectivity index (χ0v) is 22.6. The van der Waals surface area contributed by atoms with E-state index >= 15 is 0 Å². The van der Waals surface area contributed by atoms with E-state index < -0.39 is 25.5 Å². The molecule has 0 fully saturated rings. The summed E-state index contributed by atoms with van der Waals surface area (Å²) in [6, 6.07) is 18.0. The van der Waals surface area contributed by atoms with Crippen molar-refractivity contribution in [1.82, 2.24) is 9.97 Å². The molecule has 0 saturated heterocycles.